The number of aliphatic hydroxyl groups excluding tert-OH is 1. The Balaban J connectivity index is 1.44. The van der Waals surface area contributed by atoms with E-state index in [1.165, 1.54) is 0 Å². The van der Waals surface area contributed by atoms with Gasteiger partial charge in [0.2, 0.25) is 0 Å². The summed E-state index contributed by atoms with van der Waals surface area (Å²) in [4.78, 5) is 4.68. The van der Waals surface area contributed by atoms with E-state index in [9.17, 15) is 5.11 Å². The molecule has 0 aliphatic carbocycles. The molecule has 4 aromatic rings. The van der Waals surface area contributed by atoms with Gasteiger partial charge in [-0.1, -0.05) is 35.3 Å². The van der Waals surface area contributed by atoms with E-state index < -0.39 is 6.10 Å². The maximum Gasteiger partial charge on any atom is 0.148 e. The molecule has 0 radical (unpaired) electrons. The standard InChI is InChI=1S/C26H26Cl2N2O5/c1-32-20-8-10-24(33-2)17(11-20)14-34-15-19(31)13-30-23-6-4-3-5-22(23)29-26(30)16-35-25-9-7-18(27)12-21(25)28/h3-12,19,31H,13-16H2,1-2H3. The number of para-hydroxylation sites is 2. The van der Waals surface area contributed by atoms with Gasteiger partial charge in [-0.15, -0.1) is 0 Å². The van der Waals surface area contributed by atoms with Crippen molar-refractivity contribution >= 4 is 34.2 Å². The van der Waals surface area contributed by atoms with E-state index in [4.69, 9.17) is 42.1 Å². The number of halogens is 2. The van der Waals surface area contributed by atoms with E-state index in [0.717, 1.165) is 16.6 Å². The van der Waals surface area contributed by atoms with Gasteiger partial charge in [-0.25, -0.2) is 4.98 Å². The molecule has 0 bridgehead atoms. The molecule has 184 valence electrons. The number of fused-ring (bicyclic) bond motifs is 1. The summed E-state index contributed by atoms with van der Waals surface area (Å²) in [6.45, 7) is 0.844. The molecule has 0 aliphatic heterocycles. The van der Waals surface area contributed by atoms with E-state index in [2.05, 4.69) is 4.98 Å². The zero-order chi connectivity index (χ0) is 24.8. The molecular weight excluding hydrogens is 491 g/mol. The lowest BCUT2D eigenvalue weighted by Gasteiger charge is -2.16. The van der Waals surface area contributed by atoms with Crippen LogP contribution in [0.15, 0.2) is 60.7 Å². The summed E-state index contributed by atoms with van der Waals surface area (Å²) in [5.41, 5.74) is 2.53. The van der Waals surface area contributed by atoms with Crippen molar-refractivity contribution in [3.8, 4) is 17.2 Å². The second-order valence-corrected chi connectivity index (χ2v) is 8.68. The molecule has 0 spiro atoms. The van der Waals surface area contributed by atoms with Crippen molar-refractivity contribution in [1.29, 1.82) is 0 Å². The Morgan fingerprint density at radius 3 is 2.51 bits per heavy atom. The van der Waals surface area contributed by atoms with E-state index >= 15 is 0 Å². The Morgan fingerprint density at radius 2 is 1.74 bits per heavy atom. The normalized spacial score (nSPS) is 12.0. The SMILES string of the molecule is COc1ccc(OC)c(COCC(O)Cn2c(COc3ccc(Cl)cc3Cl)nc3ccccc32)c1. The monoisotopic (exact) mass is 516 g/mol. The van der Waals surface area contributed by atoms with Gasteiger partial charge in [-0.3, -0.25) is 0 Å². The first-order valence-corrected chi connectivity index (χ1v) is 11.7. The second-order valence-electron chi connectivity index (χ2n) is 7.84. The number of nitrogens with zero attached hydrogens (tertiary/aromatic N) is 2. The lowest BCUT2D eigenvalue weighted by Crippen LogP contribution is -2.23. The Bertz CT molecular complexity index is 1290. The van der Waals surface area contributed by atoms with Crippen LogP contribution in [-0.2, 0) is 24.5 Å². The Kier molecular flexibility index (Phi) is 8.36. The van der Waals surface area contributed by atoms with Crippen LogP contribution in [0.3, 0.4) is 0 Å². The number of rotatable bonds is 11. The van der Waals surface area contributed by atoms with Crippen molar-refractivity contribution in [2.75, 3.05) is 20.8 Å². The van der Waals surface area contributed by atoms with Gasteiger partial charge in [0.05, 0.1) is 56.1 Å². The van der Waals surface area contributed by atoms with E-state index in [-0.39, 0.29) is 26.4 Å². The van der Waals surface area contributed by atoms with Crippen LogP contribution in [0.1, 0.15) is 11.4 Å². The number of methoxy groups -OCH3 is 2. The Labute approximate surface area is 213 Å². The van der Waals surface area contributed by atoms with Crippen molar-refractivity contribution in [1.82, 2.24) is 9.55 Å². The third-order valence-corrected chi connectivity index (χ3v) is 5.96. The molecule has 0 saturated heterocycles. The molecule has 1 unspecified atom stereocenters. The average Bonchev–Trinajstić information content (AvgIpc) is 3.20. The van der Waals surface area contributed by atoms with Crippen molar-refractivity contribution in [2.24, 2.45) is 0 Å². The summed E-state index contributed by atoms with van der Waals surface area (Å²) in [6, 6.07) is 18.3. The maximum absolute atomic E-state index is 10.8. The fourth-order valence-electron chi connectivity index (χ4n) is 3.74. The molecule has 0 amide bonds. The van der Waals surface area contributed by atoms with Gasteiger partial charge in [0.1, 0.15) is 29.7 Å². The highest BCUT2D eigenvalue weighted by Gasteiger charge is 2.16. The van der Waals surface area contributed by atoms with Gasteiger partial charge in [0, 0.05) is 10.6 Å². The highest BCUT2D eigenvalue weighted by atomic mass is 35.5. The summed E-state index contributed by atoms with van der Waals surface area (Å²) < 4.78 is 24.3. The molecule has 9 heteroatoms. The van der Waals surface area contributed by atoms with Gasteiger partial charge >= 0.3 is 0 Å². The minimum absolute atomic E-state index is 0.121. The minimum Gasteiger partial charge on any atom is -0.497 e. The first kappa shape index (κ1) is 25.1. The topological polar surface area (TPSA) is 75.0 Å². The highest BCUT2D eigenvalue weighted by molar-refractivity contribution is 6.35. The summed E-state index contributed by atoms with van der Waals surface area (Å²) >= 11 is 12.2. The number of benzene rings is 3. The molecule has 4 rings (SSSR count). The Hall–Kier alpha value is -2.97. The van der Waals surface area contributed by atoms with Crippen LogP contribution in [-0.4, -0.2) is 41.6 Å². The second kappa shape index (κ2) is 11.6. The van der Waals surface area contributed by atoms with Gasteiger partial charge in [-0.05, 0) is 48.5 Å². The van der Waals surface area contributed by atoms with Crippen LogP contribution >= 0.6 is 23.2 Å². The van der Waals surface area contributed by atoms with Crippen molar-refractivity contribution < 1.29 is 24.1 Å². The number of ether oxygens (including phenoxy) is 4. The van der Waals surface area contributed by atoms with Gasteiger partial charge in [0.15, 0.2) is 0 Å². The summed E-state index contributed by atoms with van der Waals surface area (Å²) in [6.07, 6.45) is -0.776. The molecule has 1 aromatic heterocycles. The predicted octanol–water partition coefficient (Wildman–Crippen LogP) is 5.52. The first-order chi connectivity index (χ1) is 17.0. The third kappa shape index (κ3) is 6.18. The average molecular weight is 517 g/mol. The molecule has 7 nitrogen and oxygen atoms in total. The molecule has 35 heavy (non-hydrogen) atoms. The summed E-state index contributed by atoms with van der Waals surface area (Å²) in [5, 5.41) is 11.7. The zero-order valence-electron chi connectivity index (χ0n) is 19.4. The quantitative estimate of drug-likeness (QED) is 0.283. The van der Waals surface area contributed by atoms with Crippen molar-refractivity contribution in [3.05, 3.63) is 82.1 Å². The van der Waals surface area contributed by atoms with Crippen LogP contribution in [0, 0.1) is 0 Å². The van der Waals surface area contributed by atoms with Crippen LogP contribution in [0.5, 0.6) is 17.2 Å². The van der Waals surface area contributed by atoms with E-state index in [1.54, 1.807) is 32.4 Å². The summed E-state index contributed by atoms with van der Waals surface area (Å²) in [5.74, 6) is 2.57. The van der Waals surface area contributed by atoms with Gasteiger partial charge in [-0.2, -0.15) is 0 Å². The zero-order valence-corrected chi connectivity index (χ0v) is 20.9. The number of hydrogen-bond acceptors (Lipinski definition) is 6. The molecule has 0 aliphatic rings. The predicted molar refractivity (Wildman–Crippen MR) is 136 cm³/mol. The molecule has 1 atom stereocenters. The van der Waals surface area contributed by atoms with Crippen LogP contribution in [0.25, 0.3) is 11.0 Å². The van der Waals surface area contributed by atoms with Gasteiger partial charge in [0.25, 0.3) is 0 Å². The number of imidazole rings is 1. The van der Waals surface area contributed by atoms with E-state index in [1.807, 2.05) is 47.0 Å². The maximum atomic E-state index is 10.8. The van der Waals surface area contributed by atoms with Crippen LogP contribution in [0.2, 0.25) is 10.0 Å². The van der Waals surface area contributed by atoms with Crippen molar-refractivity contribution in [3.63, 3.8) is 0 Å². The first-order valence-electron chi connectivity index (χ1n) is 11.0. The lowest BCUT2D eigenvalue weighted by atomic mass is 10.2. The summed E-state index contributed by atoms with van der Waals surface area (Å²) in [7, 11) is 3.21. The van der Waals surface area contributed by atoms with Crippen molar-refractivity contribution in [2.45, 2.75) is 25.9 Å². The molecule has 1 heterocycles. The van der Waals surface area contributed by atoms with Crippen LogP contribution < -0.4 is 14.2 Å². The fraction of sp³-hybridized carbons (Fsp3) is 0.269. The smallest absolute Gasteiger partial charge is 0.148 e. The van der Waals surface area contributed by atoms with E-state index in [0.29, 0.717) is 33.1 Å². The molecular formula is C26H26Cl2N2O5. The number of hydrogen-bond donors (Lipinski definition) is 1. The minimum atomic E-state index is -0.776. The lowest BCUT2D eigenvalue weighted by molar-refractivity contribution is 0.0195. The van der Waals surface area contributed by atoms with Crippen LogP contribution in [0.4, 0.5) is 0 Å². The highest BCUT2D eigenvalue weighted by Crippen LogP contribution is 2.29. The largest absolute Gasteiger partial charge is 0.497 e. The number of aliphatic hydroxyl groups is 1. The molecule has 1 N–H and O–H groups in total. The molecule has 0 fully saturated rings. The Morgan fingerprint density at radius 1 is 0.943 bits per heavy atom. The number of aromatic nitrogens is 2. The van der Waals surface area contributed by atoms with Gasteiger partial charge < -0.3 is 28.6 Å². The fourth-order valence-corrected chi connectivity index (χ4v) is 4.20. The molecule has 0 saturated carbocycles. The third-order valence-electron chi connectivity index (χ3n) is 5.43. The molecule has 3 aromatic carbocycles.